The van der Waals surface area contributed by atoms with Gasteiger partial charge in [0, 0.05) is 36.8 Å². The van der Waals surface area contributed by atoms with Crippen LogP contribution >= 0.6 is 0 Å². The molecular weight excluding hydrogens is 636 g/mol. The monoisotopic (exact) mass is 680 g/mol. The first-order chi connectivity index (χ1) is 24.1. The number of rotatable bonds is 11. The molecule has 5 rings (SSSR count). The average Bonchev–Trinajstić information content (AvgIpc) is 3.11. The first-order valence-corrected chi connectivity index (χ1v) is 16.4. The molecule has 1 aliphatic rings. The van der Waals surface area contributed by atoms with E-state index in [4.69, 9.17) is 15.2 Å². The van der Waals surface area contributed by atoms with Crippen molar-refractivity contribution in [3.63, 3.8) is 0 Å². The summed E-state index contributed by atoms with van der Waals surface area (Å²) >= 11 is 0. The van der Waals surface area contributed by atoms with Gasteiger partial charge >= 0.3 is 6.03 Å². The molecule has 1 heterocycles. The maximum Gasteiger partial charge on any atom is 0.323 e. The summed E-state index contributed by atoms with van der Waals surface area (Å²) in [4.78, 5) is 43.5. The Morgan fingerprint density at radius 3 is 2.36 bits per heavy atom. The number of nitrogens with zero attached hydrogens (tertiary/aromatic N) is 2. The third-order valence-electron chi connectivity index (χ3n) is 8.66. The highest BCUT2D eigenvalue weighted by Gasteiger charge is 2.34. The Bertz CT molecular complexity index is 1800. The summed E-state index contributed by atoms with van der Waals surface area (Å²) < 4.78 is 11.8. The smallest absolute Gasteiger partial charge is 0.323 e. The van der Waals surface area contributed by atoms with Crippen LogP contribution in [0.2, 0.25) is 0 Å². The van der Waals surface area contributed by atoms with Crippen molar-refractivity contribution in [1.82, 2.24) is 9.80 Å². The summed E-state index contributed by atoms with van der Waals surface area (Å²) in [5.74, 6) is 0.237. The summed E-state index contributed by atoms with van der Waals surface area (Å²) in [5, 5.41) is 18.5. The van der Waals surface area contributed by atoms with Crippen LogP contribution in [0.1, 0.15) is 40.1 Å². The van der Waals surface area contributed by atoms with Crippen LogP contribution in [0.3, 0.4) is 0 Å². The second-order valence-electron chi connectivity index (χ2n) is 12.5. The number of hydrogen-bond acceptors (Lipinski definition) is 8. The standard InChI is InChI=1S/C38H44N6O6/c1-24-20-44(25(2)23-45)37(47)30-8-7-11-33(42-38(48)40-28-16-18-29(49-4)19-17-28)35(30)50-34(24)22-43(3)21-26-12-14-27(15-13-26)36(46)41-32-10-6-5-9-31(32)39/h5-19,24-25,34,45H,20-23,39H2,1-4H3,(H,41,46)(H2,40,42,48)/t24-,25+,34-/m0/s1. The lowest BCUT2D eigenvalue weighted by Crippen LogP contribution is -2.49. The number of ether oxygens (including phenoxy) is 2. The minimum Gasteiger partial charge on any atom is -0.497 e. The van der Waals surface area contributed by atoms with E-state index in [1.165, 1.54) is 0 Å². The van der Waals surface area contributed by atoms with E-state index >= 15 is 0 Å². The van der Waals surface area contributed by atoms with E-state index in [9.17, 15) is 19.5 Å². The molecule has 12 nitrogen and oxygen atoms in total. The van der Waals surface area contributed by atoms with Gasteiger partial charge in [-0.2, -0.15) is 0 Å². The molecule has 6 N–H and O–H groups in total. The SMILES string of the molecule is COc1ccc(NC(=O)Nc2cccc3c2O[C@@H](CN(C)Cc2ccc(C(=O)Nc4ccccc4N)cc2)[C@@H](C)CN([C@H](C)CO)C3=O)cc1. The van der Waals surface area contributed by atoms with Crippen molar-refractivity contribution in [2.45, 2.75) is 32.5 Å². The van der Waals surface area contributed by atoms with Gasteiger partial charge in [0.2, 0.25) is 0 Å². The molecule has 1 aliphatic heterocycles. The highest BCUT2D eigenvalue weighted by atomic mass is 16.5. The van der Waals surface area contributed by atoms with Gasteiger partial charge in [-0.05, 0) is 80.2 Å². The zero-order chi connectivity index (χ0) is 35.8. The van der Waals surface area contributed by atoms with Gasteiger partial charge < -0.3 is 41.2 Å². The molecule has 4 aromatic carbocycles. The summed E-state index contributed by atoms with van der Waals surface area (Å²) in [6.45, 7) is 5.02. The second-order valence-corrected chi connectivity index (χ2v) is 12.5. The van der Waals surface area contributed by atoms with Crippen LogP contribution in [-0.2, 0) is 6.54 Å². The predicted molar refractivity (Wildman–Crippen MR) is 195 cm³/mol. The normalized spacial score (nSPS) is 16.4. The van der Waals surface area contributed by atoms with Crippen molar-refractivity contribution in [1.29, 1.82) is 0 Å². The molecule has 0 radical (unpaired) electrons. The lowest BCUT2D eigenvalue weighted by atomic mass is 9.98. The number of para-hydroxylation sites is 3. The van der Waals surface area contributed by atoms with E-state index in [0.717, 1.165) is 5.56 Å². The summed E-state index contributed by atoms with van der Waals surface area (Å²) in [5.41, 5.74) is 9.71. The number of hydrogen-bond donors (Lipinski definition) is 5. The van der Waals surface area contributed by atoms with Gasteiger partial charge in [-0.1, -0.05) is 37.3 Å². The molecule has 4 aromatic rings. The number of aliphatic hydroxyl groups is 1. The molecule has 0 bridgehead atoms. The fourth-order valence-electron chi connectivity index (χ4n) is 5.77. The van der Waals surface area contributed by atoms with Crippen LogP contribution in [0, 0.1) is 5.92 Å². The van der Waals surface area contributed by atoms with Crippen molar-refractivity contribution in [3.8, 4) is 11.5 Å². The molecule has 0 spiro atoms. The van der Waals surface area contributed by atoms with Gasteiger partial charge in [0.15, 0.2) is 5.75 Å². The molecule has 0 saturated heterocycles. The summed E-state index contributed by atoms with van der Waals surface area (Å²) in [7, 11) is 3.54. The molecule has 3 atom stereocenters. The van der Waals surface area contributed by atoms with E-state index in [0.29, 0.717) is 59.3 Å². The topological polar surface area (TPSA) is 158 Å². The minimum atomic E-state index is -0.506. The molecule has 0 aromatic heterocycles. The van der Waals surface area contributed by atoms with Crippen LogP contribution < -0.4 is 31.2 Å². The summed E-state index contributed by atoms with van der Waals surface area (Å²) in [6, 6.07) is 25.5. The quantitative estimate of drug-likeness (QED) is 0.130. The van der Waals surface area contributed by atoms with Crippen molar-refractivity contribution in [2.24, 2.45) is 5.92 Å². The molecule has 0 unspecified atom stereocenters. The third-order valence-corrected chi connectivity index (χ3v) is 8.66. The molecule has 50 heavy (non-hydrogen) atoms. The van der Waals surface area contributed by atoms with E-state index in [1.807, 2.05) is 38.2 Å². The van der Waals surface area contributed by atoms with Gasteiger partial charge in [0.25, 0.3) is 11.8 Å². The molecule has 0 saturated carbocycles. The maximum absolute atomic E-state index is 13.8. The number of benzene rings is 4. The number of likely N-dealkylation sites (N-methyl/N-ethyl adjacent to an activating group) is 1. The van der Waals surface area contributed by atoms with Crippen molar-refractivity contribution in [3.05, 3.63) is 108 Å². The highest BCUT2D eigenvalue weighted by Crippen LogP contribution is 2.35. The molecule has 262 valence electrons. The van der Waals surface area contributed by atoms with Crippen LogP contribution in [0.4, 0.5) is 27.5 Å². The fourth-order valence-corrected chi connectivity index (χ4v) is 5.77. The lowest BCUT2D eigenvalue weighted by molar-refractivity contribution is 0.0343. The van der Waals surface area contributed by atoms with Crippen LogP contribution in [0.25, 0.3) is 0 Å². The molecule has 4 amide bonds. The average molecular weight is 681 g/mol. The first kappa shape index (κ1) is 35.7. The maximum atomic E-state index is 13.8. The van der Waals surface area contributed by atoms with Crippen molar-refractivity contribution < 1.29 is 29.0 Å². The Hall–Kier alpha value is -5.59. The number of amides is 4. The molecular formula is C38H44N6O6. The van der Waals surface area contributed by atoms with Gasteiger partial charge in [0.1, 0.15) is 11.9 Å². The van der Waals surface area contributed by atoms with E-state index in [2.05, 4.69) is 20.9 Å². The number of methoxy groups -OCH3 is 1. The Labute approximate surface area is 292 Å². The highest BCUT2D eigenvalue weighted by molar-refractivity contribution is 6.06. The third kappa shape index (κ3) is 8.70. The Kier molecular flexibility index (Phi) is 11.6. The Morgan fingerprint density at radius 2 is 1.68 bits per heavy atom. The molecule has 0 aliphatic carbocycles. The Balaban J connectivity index is 1.32. The number of urea groups is 1. The van der Waals surface area contributed by atoms with E-state index in [1.54, 1.807) is 85.7 Å². The largest absolute Gasteiger partial charge is 0.497 e. The number of fused-ring (bicyclic) bond motifs is 1. The van der Waals surface area contributed by atoms with Gasteiger partial charge in [0.05, 0.1) is 42.4 Å². The van der Waals surface area contributed by atoms with Crippen molar-refractivity contribution in [2.75, 3.05) is 55.5 Å². The van der Waals surface area contributed by atoms with E-state index < -0.39 is 18.2 Å². The second kappa shape index (κ2) is 16.2. The van der Waals surface area contributed by atoms with Crippen LogP contribution in [0.15, 0.2) is 91.0 Å². The van der Waals surface area contributed by atoms with Crippen LogP contribution in [0.5, 0.6) is 11.5 Å². The fraction of sp³-hybridized carbons (Fsp3) is 0.289. The zero-order valence-electron chi connectivity index (χ0n) is 28.7. The minimum absolute atomic E-state index is 0.138. The van der Waals surface area contributed by atoms with Gasteiger partial charge in [-0.3, -0.25) is 14.5 Å². The van der Waals surface area contributed by atoms with Gasteiger partial charge in [-0.15, -0.1) is 0 Å². The number of nitrogen functional groups attached to an aromatic ring is 1. The number of anilines is 4. The number of aliphatic hydroxyl groups excluding tert-OH is 1. The summed E-state index contributed by atoms with van der Waals surface area (Å²) in [6.07, 6.45) is -0.394. The zero-order valence-corrected chi connectivity index (χ0v) is 28.7. The molecule has 12 heteroatoms. The Morgan fingerprint density at radius 1 is 0.980 bits per heavy atom. The predicted octanol–water partition coefficient (Wildman–Crippen LogP) is 5.53. The van der Waals surface area contributed by atoms with E-state index in [-0.39, 0.29) is 30.1 Å². The van der Waals surface area contributed by atoms with Crippen molar-refractivity contribution >= 4 is 40.6 Å². The number of nitrogens with two attached hydrogens (primary N) is 1. The molecule has 0 fully saturated rings. The lowest BCUT2D eigenvalue weighted by Gasteiger charge is -2.38. The number of carbonyl (C=O) groups is 3. The number of nitrogens with one attached hydrogen (secondary N) is 3. The van der Waals surface area contributed by atoms with Crippen LogP contribution in [-0.4, -0.2) is 78.8 Å². The first-order valence-electron chi connectivity index (χ1n) is 16.4. The number of carbonyl (C=O) groups excluding carboxylic acids is 3. The van der Waals surface area contributed by atoms with Gasteiger partial charge in [-0.25, -0.2) is 4.79 Å².